The van der Waals surface area contributed by atoms with E-state index in [2.05, 4.69) is 20.7 Å². The van der Waals surface area contributed by atoms with E-state index in [0.717, 1.165) is 0 Å². The van der Waals surface area contributed by atoms with Crippen LogP contribution in [0.4, 0.5) is 0 Å². The number of hydrogen-bond donors (Lipinski definition) is 0. The molecule has 0 unspecified atom stereocenters. The molecule has 0 amide bonds. The van der Waals surface area contributed by atoms with Crippen molar-refractivity contribution in [1.82, 2.24) is 0 Å². The van der Waals surface area contributed by atoms with Crippen LogP contribution in [0.25, 0.3) is 0 Å². The van der Waals surface area contributed by atoms with Crippen molar-refractivity contribution in [2.75, 3.05) is 13.7 Å². The number of benzene rings is 2. The molecule has 0 bridgehead atoms. The third-order valence-corrected chi connectivity index (χ3v) is 3.43. The van der Waals surface area contributed by atoms with Crippen molar-refractivity contribution in [2.45, 2.75) is 0 Å². The van der Waals surface area contributed by atoms with Crippen LogP contribution in [-0.2, 0) is 4.74 Å². The molecule has 0 aliphatic carbocycles. The number of hydrogen-bond acceptors (Lipinski definition) is 4. The van der Waals surface area contributed by atoms with Crippen molar-refractivity contribution in [3.8, 4) is 5.75 Å². The van der Waals surface area contributed by atoms with Crippen LogP contribution in [0.2, 0.25) is 0 Å². The van der Waals surface area contributed by atoms with Gasteiger partial charge in [0.2, 0.25) is 0 Å². The number of carbonyl (C=O) groups is 2. The summed E-state index contributed by atoms with van der Waals surface area (Å²) in [5.41, 5.74) is 1.01. The summed E-state index contributed by atoms with van der Waals surface area (Å²) in [5.74, 6) is -0.0471. The summed E-state index contributed by atoms with van der Waals surface area (Å²) in [5, 5.41) is 0. The average molecular weight is 349 g/mol. The third-order valence-electron chi connectivity index (χ3n) is 2.81. The van der Waals surface area contributed by atoms with E-state index in [1.54, 1.807) is 42.5 Å². The van der Waals surface area contributed by atoms with Gasteiger partial charge in [0.15, 0.2) is 12.4 Å². The fourth-order valence-electron chi connectivity index (χ4n) is 1.71. The smallest absolute Gasteiger partial charge is 0.337 e. The van der Waals surface area contributed by atoms with Crippen molar-refractivity contribution in [1.29, 1.82) is 0 Å². The maximum Gasteiger partial charge on any atom is 0.337 e. The van der Waals surface area contributed by atoms with Gasteiger partial charge in [-0.2, -0.15) is 0 Å². The van der Waals surface area contributed by atoms with Crippen LogP contribution in [0, 0.1) is 0 Å². The van der Waals surface area contributed by atoms with Crippen LogP contribution in [0.3, 0.4) is 0 Å². The number of esters is 1. The van der Waals surface area contributed by atoms with Crippen LogP contribution < -0.4 is 4.74 Å². The first-order valence-corrected chi connectivity index (χ1v) is 7.00. The Labute approximate surface area is 130 Å². The lowest BCUT2D eigenvalue weighted by molar-refractivity contribution is 0.0600. The Bertz CT molecular complexity index is 653. The molecule has 2 rings (SSSR count). The summed E-state index contributed by atoms with van der Waals surface area (Å²) >= 11 is 3.31. The number of Topliss-reactive ketones (excluding diaryl/α,β-unsaturated/α-hetero) is 1. The van der Waals surface area contributed by atoms with Gasteiger partial charge in [-0.05, 0) is 34.1 Å². The second kappa shape index (κ2) is 7.04. The first-order valence-electron chi connectivity index (χ1n) is 6.20. The third kappa shape index (κ3) is 3.92. The summed E-state index contributed by atoms with van der Waals surface area (Å²) in [6.07, 6.45) is 0. The minimum atomic E-state index is -0.428. The molecule has 0 atom stereocenters. The van der Waals surface area contributed by atoms with Gasteiger partial charge < -0.3 is 9.47 Å². The molecule has 5 heteroatoms. The summed E-state index contributed by atoms with van der Waals surface area (Å²) in [6.45, 7) is -0.0693. The van der Waals surface area contributed by atoms with E-state index in [0.29, 0.717) is 21.3 Å². The molecule has 0 heterocycles. The second-order valence-electron chi connectivity index (χ2n) is 4.21. The van der Waals surface area contributed by atoms with Crippen molar-refractivity contribution in [2.24, 2.45) is 0 Å². The molecule has 2 aromatic carbocycles. The van der Waals surface area contributed by atoms with Gasteiger partial charge in [0.05, 0.1) is 17.1 Å². The highest BCUT2D eigenvalue weighted by molar-refractivity contribution is 9.10. The number of rotatable bonds is 5. The maximum absolute atomic E-state index is 11.9. The Balaban J connectivity index is 2.04. The van der Waals surface area contributed by atoms with E-state index in [4.69, 9.17) is 4.74 Å². The molecule has 0 fully saturated rings. The van der Waals surface area contributed by atoms with Crippen molar-refractivity contribution >= 4 is 27.7 Å². The molecule has 0 aliphatic heterocycles. The summed E-state index contributed by atoms with van der Waals surface area (Å²) in [7, 11) is 1.32. The molecule has 0 saturated heterocycles. The Morgan fingerprint density at radius 2 is 1.76 bits per heavy atom. The fourth-order valence-corrected chi connectivity index (χ4v) is 2.21. The normalized spacial score (nSPS) is 10.0. The molecule has 4 nitrogen and oxygen atoms in total. The lowest BCUT2D eigenvalue weighted by atomic mass is 10.1. The van der Waals surface area contributed by atoms with Gasteiger partial charge in [0, 0.05) is 5.56 Å². The number of carbonyl (C=O) groups excluding carboxylic acids is 2. The molecule has 0 aliphatic rings. The Hall–Kier alpha value is -2.14. The monoisotopic (exact) mass is 348 g/mol. The van der Waals surface area contributed by atoms with Gasteiger partial charge in [0.25, 0.3) is 0 Å². The molecule has 21 heavy (non-hydrogen) atoms. The van der Waals surface area contributed by atoms with Gasteiger partial charge in [-0.1, -0.05) is 30.3 Å². The Morgan fingerprint density at radius 1 is 1.05 bits per heavy atom. The van der Waals surface area contributed by atoms with E-state index in [1.165, 1.54) is 7.11 Å². The maximum atomic E-state index is 11.9. The first-order chi connectivity index (χ1) is 10.1. The topological polar surface area (TPSA) is 52.6 Å². The highest BCUT2D eigenvalue weighted by atomic mass is 79.9. The predicted octanol–water partition coefficient (Wildman–Crippen LogP) is 3.50. The molecule has 108 valence electrons. The van der Waals surface area contributed by atoms with Crippen LogP contribution in [0.15, 0.2) is 53.0 Å². The van der Waals surface area contributed by atoms with Gasteiger partial charge in [-0.3, -0.25) is 4.79 Å². The number of halogens is 1. The number of methoxy groups -OCH3 is 1. The van der Waals surface area contributed by atoms with Crippen LogP contribution in [0.5, 0.6) is 5.75 Å². The van der Waals surface area contributed by atoms with E-state index >= 15 is 0 Å². The average Bonchev–Trinajstić information content (AvgIpc) is 2.53. The minimum absolute atomic E-state index is 0.0693. The van der Waals surface area contributed by atoms with Crippen molar-refractivity contribution in [3.63, 3.8) is 0 Å². The van der Waals surface area contributed by atoms with E-state index in [9.17, 15) is 9.59 Å². The fraction of sp³-hybridized carbons (Fsp3) is 0.125. The molecule has 0 radical (unpaired) electrons. The lowest BCUT2D eigenvalue weighted by Gasteiger charge is -2.08. The molecular formula is C16H13BrO4. The van der Waals surface area contributed by atoms with Crippen molar-refractivity contribution in [3.05, 3.63) is 64.1 Å². The second-order valence-corrected chi connectivity index (χ2v) is 5.07. The SMILES string of the molecule is COC(=O)c1ccc(OCC(=O)c2ccccc2)c(Br)c1. The van der Waals surface area contributed by atoms with Gasteiger partial charge in [-0.15, -0.1) is 0 Å². The van der Waals surface area contributed by atoms with Crippen LogP contribution in [-0.4, -0.2) is 25.5 Å². The summed E-state index contributed by atoms with van der Waals surface area (Å²) in [6, 6.07) is 13.7. The van der Waals surface area contributed by atoms with Gasteiger partial charge >= 0.3 is 5.97 Å². The molecule has 0 N–H and O–H groups in total. The number of ether oxygens (including phenoxy) is 2. The molecule has 0 aromatic heterocycles. The van der Waals surface area contributed by atoms with Crippen LogP contribution in [0.1, 0.15) is 20.7 Å². The van der Waals surface area contributed by atoms with E-state index in [-0.39, 0.29) is 12.4 Å². The minimum Gasteiger partial charge on any atom is -0.484 e. The summed E-state index contributed by atoms with van der Waals surface area (Å²) < 4.78 is 10.7. The zero-order chi connectivity index (χ0) is 15.2. The summed E-state index contributed by atoms with van der Waals surface area (Å²) in [4.78, 5) is 23.3. The molecule has 2 aromatic rings. The predicted molar refractivity (Wildman–Crippen MR) is 81.7 cm³/mol. The molecular weight excluding hydrogens is 336 g/mol. The quantitative estimate of drug-likeness (QED) is 0.613. The first kappa shape index (κ1) is 15.3. The van der Waals surface area contributed by atoms with Crippen molar-refractivity contribution < 1.29 is 19.1 Å². The highest BCUT2D eigenvalue weighted by Crippen LogP contribution is 2.26. The molecule has 0 spiro atoms. The van der Waals surface area contributed by atoms with E-state index in [1.807, 2.05) is 6.07 Å². The zero-order valence-corrected chi connectivity index (χ0v) is 12.9. The Kier molecular flexibility index (Phi) is 5.11. The standard InChI is InChI=1S/C16H13BrO4/c1-20-16(19)12-7-8-15(13(17)9-12)21-10-14(18)11-5-3-2-4-6-11/h2-9H,10H2,1H3. The largest absolute Gasteiger partial charge is 0.484 e. The lowest BCUT2D eigenvalue weighted by Crippen LogP contribution is -2.12. The number of ketones is 1. The van der Waals surface area contributed by atoms with Crippen LogP contribution >= 0.6 is 15.9 Å². The van der Waals surface area contributed by atoms with Gasteiger partial charge in [0.1, 0.15) is 5.75 Å². The highest BCUT2D eigenvalue weighted by Gasteiger charge is 2.11. The van der Waals surface area contributed by atoms with Gasteiger partial charge in [-0.25, -0.2) is 4.79 Å². The molecule has 0 saturated carbocycles. The Morgan fingerprint density at radius 3 is 2.38 bits per heavy atom. The zero-order valence-electron chi connectivity index (χ0n) is 11.3. The van der Waals surface area contributed by atoms with E-state index < -0.39 is 5.97 Å².